The molecule has 0 saturated carbocycles. The lowest BCUT2D eigenvalue weighted by atomic mass is 10.2. The first kappa shape index (κ1) is 19.9. The zero-order valence-electron chi connectivity index (χ0n) is 15.7. The second-order valence-corrected chi connectivity index (χ2v) is 7.36. The Hall–Kier alpha value is -3.39. The average Bonchev–Trinajstić information content (AvgIpc) is 3.40. The fourth-order valence-electron chi connectivity index (χ4n) is 2.93. The number of hydrogen-bond donors (Lipinski definition) is 1. The van der Waals surface area contributed by atoms with Gasteiger partial charge < -0.3 is 14.3 Å². The predicted octanol–water partition coefficient (Wildman–Crippen LogP) is 5.20. The zero-order valence-corrected chi connectivity index (χ0v) is 16.5. The smallest absolute Gasteiger partial charge is 0.234 e. The van der Waals surface area contributed by atoms with Crippen LogP contribution < -0.4 is 5.32 Å². The molecule has 2 aromatic carbocycles. The highest BCUT2D eigenvalue weighted by atomic mass is 32.2. The van der Waals surface area contributed by atoms with Crippen molar-refractivity contribution in [3.05, 3.63) is 90.5 Å². The molecule has 0 unspecified atom stereocenters. The van der Waals surface area contributed by atoms with E-state index in [0.717, 1.165) is 35.2 Å². The van der Waals surface area contributed by atoms with E-state index in [0.29, 0.717) is 11.7 Å². The van der Waals surface area contributed by atoms with E-state index >= 15 is 0 Å². The Balaban J connectivity index is 1.52. The predicted molar refractivity (Wildman–Crippen MR) is 111 cm³/mol. The molecular weight excluding hydrogens is 408 g/mol. The summed E-state index contributed by atoms with van der Waals surface area (Å²) in [7, 11) is 0. The van der Waals surface area contributed by atoms with Crippen LogP contribution in [0.5, 0.6) is 0 Å². The molecule has 0 saturated heterocycles. The van der Waals surface area contributed by atoms with Gasteiger partial charge in [0, 0.05) is 6.07 Å². The molecule has 0 atom stereocenters. The molecule has 4 rings (SSSR count). The number of halogens is 2. The maximum Gasteiger partial charge on any atom is 0.234 e. The largest absolute Gasteiger partial charge is 0.467 e. The van der Waals surface area contributed by atoms with Gasteiger partial charge in [-0.1, -0.05) is 42.1 Å². The van der Waals surface area contributed by atoms with Crippen molar-refractivity contribution in [2.45, 2.75) is 11.7 Å². The van der Waals surface area contributed by atoms with Gasteiger partial charge in [0.1, 0.15) is 17.4 Å². The van der Waals surface area contributed by atoms with Crippen LogP contribution in [-0.4, -0.2) is 21.2 Å². The first-order chi connectivity index (χ1) is 14.6. The van der Waals surface area contributed by atoms with E-state index in [4.69, 9.17) is 4.42 Å². The summed E-state index contributed by atoms with van der Waals surface area (Å²) in [4.78, 5) is 16.7. The molecule has 8 heteroatoms. The van der Waals surface area contributed by atoms with Crippen molar-refractivity contribution in [3.8, 4) is 11.3 Å². The fraction of sp³-hybridized carbons (Fsp3) is 0.0909. The van der Waals surface area contributed by atoms with Gasteiger partial charge in [-0.3, -0.25) is 4.79 Å². The van der Waals surface area contributed by atoms with Crippen molar-refractivity contribution < 1.29 is 18.0 Å². The SMILES string of the molecule is O=C(CSc1ncc(-c2ccccc2)n1Cc1ccco1)Nc1cc(F)ccc1F. The molecule has 0 spiro atoms. The van der Waals surface area contributed by atoms with Crippen LogP contribution in [0.15, 0.2) is 82.7 Å². The van der Waals surface area contributed by atoms with Crippen molar-refractivity contribution in [2.75, 3.05) is 11.1 Å². The third kappa shape index (κ3) is 4.60. The highest BCUT2D eigenvalue weighted by molar-refractivity contribution is 7.99. The van der Waals surface area contributed by atoms with E-state index in [1.54, 1.807) is 12.5 Å². The standard InChI is InChI=1S/C22H17F2N3O2S/c23-16-8-9-18(24)19(11-16)26-21(28)14-30-22-25-12-20(15-5-2-1-3-6-15)27(22)13-17-7-4-10-29-17/h1-12H,13-14H2,(H,26,28). The van der Waals surface area contributed by atoms with Crippen molar-refractivity contribution >= 4 is 23.4 Å². The van der Waals surface area contributed by atoms with Crippen LogP contribution in [0.25, 0.3) is 11.3 Å². The second-order valence-electron chi connectivity index (χ2n) is 6.42. The third-order valence-corrected chi connectivity index (χ3v) is 5.31. The number of imidazole rings is 1. The molecular formula is C22H17F2N3O2S. The normalized spacial score (nSPS) is 10.9. The molecule has 2 aromatic heterocycles. The van der Waals surface area contributed by atoms with E-state index in [2.05, 4.69) is 10.3 Å². The minimum atomic E-state index is -0.694. The number of carbonyl (C=O) groups is 1. The summed E-state index contributed by atoms with van der Waals surface area (Å²) in [5, 5.41) is 3.01. The average molecular weight is 425 g/mol. The van der Waals surface area contributed by atoms with Gasteiger partial charge in [-0.15, -0.1) is 0 Å². The van der Waals surface area contributed by atoms with Crippen molar-refractivity contribution in [3.63, 3.8) is 0 Å². The summed E-state index contributed by atoms with van der Waals surface area (Å²) in [6.07, 6.45) is 3.34. The summed E-state index contributed by atoms with van der Waals surface area (Å²) in [5.41, 5.74) is 1.67. The fourth-order valence-corrected chi connectivity index (χ4v) is 3.71. The van der Waals surface area contributed by atoms with Gasteiger partial charge in [0.05, 0.1) is 36.1 Å². The Morgan fingerprint density at radius 2 is 1.93 bits per heavy atom. The molecule has 30 heavy (non-hydrogen) atoms. The van der Waals surface area contributed by atoms with Crippen LogP contribution >= 0.6 is 11.8 Å². The van der Waals surface area contributed by atoms with Crippen LogP contribution in [0.1, 0.15) is 5.76 Å². The number of hydrogen-bond acceptors (Lipinski definition) is 4. The second kappa shape index (κ2) is 8.96. The van der Waals surface area contributed by atoms with E-state index < -0.39 is 17.5 Å². The molecule has 1 amide bonds. The molecule has 4 aromatic rings. The third-order valence-electron chi connectivity index (χ3n) is 4.32. The number of anilines is 1. The monoisotopic (exact) mass is 425 g/mol. The number of carbonyl (C=O) groups excluding carboxylic acids is 1. The highest BCUT2D eigenvalue weighted by Crippen LogP contribution is 2.27. The Bertz CT molecular complexity index is 1140. The number of furan rings is 1. The summed E-state index contributed by atoms with van der Waals surface area (Å²) >= 11 is 1.20. The van der Waals surface area contributed by atoms with Gasteiger partial charge in [0.15, 0.2) is 5.16 Å². The molecule has 0 fully saturated rings. The van der Waals surface area contributed by atoms with E-state index in [9.17, 15) is 13.6 Å². The summed E-state index contributed by atoms with van der Waals surface area (Å²) in [5.74, 6) is -1.04. The van der Waals surface area contributed by atoms with Gasteiger partial charge in [-0.2, -0.15) is 0 Å². The summed E-state index contributed by atoms with van der Waals surface area (Å²) in [6.45, 7) is 0.444. The molecule has 152 valence electrons. The van der Waals surface area contributed by atoms with Gasteiger partial charge in [-0.25, -0.2) is 13.8 Å². The Morgan fingerprint density at radius 1 is 1.10 bits per heavy atom. The number of nitrogens with zero attached hydrogens (tertiary/aromatic N) is 2. The maximum atomic E-state index is 13.7. The Morgan fingerprint density at radius 3 is 2.70 bits per heavy atom. The number of aromatic nitrogens is 2. The minimum Gasteiger partial charge on any atom is -0.467 e. The number of nitrogens with one attached hydrogen (secondary N) is 1. The lowest BCUT2D eigenvalue weighted by molar-refractivity contribution is -0.113. The van der Waals surface area contributed by atoms with Crippen LogP contribution in [-0.2, 0) is 11.3 Å². The first-order valence-corrected chi connectivity index (χ1v) is 10.1. The topological polar surface area (TPSA) is 60.1 Å². The molecule has 0 aliphatic heterocycles. The lowest BCUT2D eigenvalue weighted by Gasteiger charge is -2.11. The van der Waals surface area contributed by atoms with Crippen LogP contribution in [0.4, 0.5) is 14.5 Å². The Kier molecular flexibility index (Phi) is 5.94. The van der Waals surface area contributed by atoms with Crippen molar-refractivity contribution in [2.24, 2.45) is 0 Å². The molecule has 0 radical (unpaired) electrons. The number of thioether (sulfide) groups is 1. The van der Waals surface area contributed by atoms with Gasteiger partial charge in [0.2, 0.25) is 5.91 Å². The van der Waals surface area contributed by atoms with Crippen LogP contribution in [0.3, 0.4) is 0 Å². The number of amides is 1. The lowest BCUT2D eigenvalue weighted by Crippen LogP contribution is -2.16. The molecule has 1 N–H and O–H groups in total. The van der Waals surface area contributed by atoms with Crippen molar-refractivity contribution in [1.82, 2.24) is 9.55 Å². The number of benzene rings is 2. The number of rotatable bonds is 7. The quantitative estimate of drug-likeness (QED) is 0.414. The highest BCUT2D eigenvalue weighted by Gasteiger charge is 2.16. The van der Waals surface area contributed by atoms with Gasteiger partial charge in [0.25, 0.3) is 0 Å². The summed E-state index contributed by atoms with van der Waals surface area (Å²) in [6, 6.07) is 16.3. The minimum absolute atomic E-state index is 0.0145. The zero-order chi connectivity index (χ0) is 20.9. The molecule has 0 aliphatic carbocycles. The van der Waals surface area contributed by atoms with E-state index in [1.165, 1.54) is 11.8 Å². The first-order valence-electron chi connectivity index (χ1n) is 9.11. The van der Waals surface area contributed by atoms with E-state index in [1.807, 2.05) is 47.0 Å². The Labute approximate surface area is 175 Å². The molecule has 2 heterocycles. The van der Waals surface area contributed by atoms with Gasteiger partial charge in [-0.05, 0) is 29.8 Å². The molecule has 5 nitrogen and oxygen atoms in total. The van der Waals surface area contributed by atoms with Crippen LogP contribution in [0.2, 0.25) is 0 Å². The summed E-state index contributed by atoms with van der Waals surface area (Å²) < 4.78 is 34.5. The van der Waals surface area contributed by atoms with Crippen molar-refractivity contribution in [1.29, 1.82) is 0 Å². The van der Waals surface area contributed by atoms with Gasteiger partial charge >= 0.3 is 0 Å². The molecule has 0 aliphatic rings. The van der Waals surface area contributed by atoms with Crippen LogP contribution in [0, 0.1) is 11.6 Å². The maximum absolute atomic E-state index is 13.7. The molecule has 0 bridgehead atoms. The van der Waals surface area contributed by atoms with E-state index in [-0.39, 0.29) is 11.4 Å².